The number of nitriles is 1. The van der Waals surface area contributed by atoms with Gasteiger partial charge in [-0.3, -0.25) is 0 Å². The number of nitrogens with two attached hydrogens (primary N) is 1. The van der Waals surface area contributed by atoms with Crippen molar-refractivity contribution in [2.45, 2.75) is 0 Å². The van der Waals surface area contributed by atoms with Crippen molar-refractivity contribution in [1.82, 2.24) is 14.8 Å². The molecule has 0 amide bonds. The Balaban J connectivity index is 2.65. The molecule has 16 heavy (non-hydrogen) atoms. The molecule has 0 aliphatic carbocycles. The van der Waals surface area contributed by atoms with Crippen LogP contribution in [-0.4, -0.2) is 14.8 Å². The fourth-order valence-electron chi connectivity index (χ4n) is 1.24. The minimum Gasteiger partial charge on any atom is -0.366 e. The van der Waals surface area contributed by atoms with Gasteiger partial charge in [-0.15, -0.1) is 5.10 Å². The number of nitrogens with zero attached hydrogens (tertiary/aromatic N) is 4. The van der Waals surface area contributed by atoms with Crippen molar-refractivity contribution in [3.8, 4) is 11.8 Å². The molecule has 0 saturated heterocycles. The summed E-state index contributed by atoms with van der Waals surface area (Å²) in [5, 5.41) is 12.8. The van der Waals surface area contributed by atoms with Crippen molar-refractivity contribution in [3.05, 3.63) is 34.3 Å². The minimum absolute atomic E-state index is 0.0695. The molecule has 2 rings (SSSR count). The van der Waals surface area contributed by atoms with Crippen LogP contribution in [0.15, 0.2) is 22.9 Å². The van der Waals surface area contributed by atoms with Crippen LogP contribution in [0.4, 0.5) is 10.3 Å². The Morgan fingerprint density at radius 3 is 2.81 bits per heavy atom. The summed E-state index contributed by atoms with van der Waals surface area (Å²) in [5.74, 6) is -0.412. The van der Waals surface area contributed by atoms with Crippen LogP contribution in [0, 0.1) is 17.1 Å². The quantitative estimate of drug-likeness (QED) is 0.861. The second-order valence-electron chi connectivity index (χ2n) is 2.92. The van der Waals surface area contributed by atoms with Gasteiger partial charge in [0.15, 0.2) is 0 Å². The van der Waals surface area contributed by atoms with E-state index in [0.717, 1.165) is 6.07 Å². The number of halogens is 2. The largest absolute Gasteiger partial charge is 0.366 e. The van der Waals surface area contributed by atoms with Gasteiger partial charge in [0.05, 0.1) is 11.3 Å². The lowest BCUT2D eigenvalue weighted by Gasteiger charge is -2.03. The highest BCUT2D eigenvalue weighted by Crippen LogP contribution is 2.19. The highest BCUT2D eigenvalue weighted by atomic mass is 79.9. The monoisotopic (exact) mass is 281 g/mol. The Morgan fingerprint density at radius 1 is 1.50 bits per heavy atom. The van der Waals surface area contributed by atoms with Crippen LogP contribution in [0.5, 0.6) is 0 Å². The lowest BCUT2D eigenvalue weighted by Crippen LogP contribution is -2.01. The van der Waals surface area contributed by atoms with Crippen molar-refractivity contribution >= 4 is 21.9 Å². The van der Waals surface area contributed by atoms with Gasteiger partial charge in [-0.1, -0.05) is 0 Å². The Morgan fingerprint density at radius 2 is 2.25 bits per heavy atom. The SMILES string of the molecule is N#Cc1cc(F)ccc1-n1nc(N)nc1Br. The van der Waals surface area contributed by atoms with Crippen molar-refractivity contribution < 1.29 is 4.39 Å². The van der Waals surface area contributed by atoms with Crippen molar-refractivity contribution in [1.29, 1.82) is 5.26 Å². The second-order valence-corrected chi connectivity index (χ2v) is 3.63. The molecular formula is C9H5BrFN5. The molecule has 2 aromatic rings. The first kappa shape index (κ1) is 10.6. The molecule has 0 atom stereocenters. The molecule has 0 aliphatic heterocycles. The number of rotatable bonds is 1. The molecule has 80 valence electrons. The van der Waals surface area contributed by atoms with Gasteiger partial charge in [0, 0.05) is 0 Å². The summed E-state index contributed by atoms with van der Waals surface area (Å²) in [4.78, 5) is 3.83. The first-order chi connectivity index (χ1) is 7.61. The van der Waals surface area contributed by atoms with Gasteiger partial charge in [-0.2, -0.15) is 10.2 Å². The molecule has 1 aromatic carbocycles. The van der Waals surface area contributed by atoms with Crippen LogP contribution in [0.2, 0.25) is 0 Å². The molecular weight excluding hydrogens is 277 g/mol. The standard InChI is InChI=1S/C9H5BrFN5/c10-8-14-9(13)15-16(8)7-2-1-6(11)3-5(7)4-12/h1-3H,(H2,13,15). The third kappa shape index (κ3) is 1.75. The Labute approximate surface area is 98.4 Å². The topological polar surface area (TPSA) is 80.5 Å². The van der Waals surface area contributed by atoms with Crippen LogP contribution < -0.4 is 5.73 Å². The summed E-state index contributed by atoms with van der Waals surface area (Å²) < 4.78 is 14.6. The number of nitrogen functional groups attached to an aromatic ring is 1. The third-order valence-corrected chi connectivity index (χ3v) is 2.40. The Kier molecular flexibility index (Phi) is 2.58. The van der Waals surface area contributed by atoms with Gasteiger partial charge in [-0.05, 0) is 34.1 Å². The van der Waals surface area contributed by atoms with Crippen molar-refractivity contribution in [2.24, 2.45) is 0 Å². The van der Waals surface area contributed by atoms with Crippen LogP contribution in [-0.2, 0) is 0 Å². The Bertz CT molecular complexity index is 586. The van der Waals surface area contributed by atoms with E-state index in [1.807, 2.05) is 6.07 Å². The third-order valence-electron chi connectivity index (χ3n) is 1.89. The number of benzene rings is 1. The van der Waals surface area contributed by atoms with E-state index >= 15 is 0 Å². The highest BCUT2D eigenvalue weighted by Gasteiger charge is 2.11. The van der Waals surface area contributed by atoms with E-state index in [9.17, 15) is 4.39 Å². The summed E-state index contributed by atoms with van der Waals surface area (Å²) in [6, 6.07) is 5.68. The number of aromatic nitrogens is 3. The normalized spacial score (nSPS) is 10.1. The zero-order chi connectivity index (χ0) is 11.7. The predicted octanol–water partition coefficient (Wildman–Crippen LogP) is 1.62. The summed E-state index contributed by atoms with van der Waals surface area (Å²) in [6.07, 6.45) is 0. The molecule has 0 saturated carbocycles. The molecule has 0 radical (unpaired) electrons. The van der Waals surface area contributed by atoms with E-state index in [1.54, 1.807) is 0 Å². The zero-order valence-corrected chi connectivity index (χ0v) is 9.44. The number of hydrogen-bond acceptors (Lipinski definition) is 4. The Hall–Kier alpha value is -1.94. The van der Waals surface area contributed by atoms with E-state index in [0.29, 0.717) is 10.4 Å². The lowest BCUT2D eigenvalue weighted by molar-refractivity contribution is 0.626. The van der Waals surface area contributed by atoms with E-state index in [-0.39, 0.29) is 11.5 Å². The van der Waals surface area contributed by atoms with Crippen LogP contribution in [0.3, 0.4) is 0 Å². The maximum atomic E-state index is 12.9. The molecule has 1 heterocycles. The van der Waals surface area contributed by atoms with Crippen LogP contribution >= 0.6 is 15.9 Å². The smallest absolute Gasteiger partial charge is 0.240 e. The van der Waals surface area contributed by atoms with Gasteiger partial charge >= 0.3 is 0 Å². The molecule has 0 aliphatic rings. The van der Waals surface area contributed by atoms with Crippen molar-refractivity contribution in [2.75, 3.05) is 5.73 Å². The van der Waals surface area contributed by atoms with Gasteiger partial charge in [0.2, 0.25) is 10.7 Å². The molecule has 1 aromatic heterocycles. The number of hydrogen-bond donors (Lipinski definition) is 1. The average Bonchev–Trinajstić information content (AvgIpc) is 2.57. The second kappa shape index (κ2) is 3.90. The molecule has 7 heteroatoms. The fourth-order valence-corrected chi connectivity index (χ4v) is 1.70. The van der Waals surface area contributed by atoms with Gasteiger partial charge in [0.25, 0.3) is 0 Å². The summed E-state index contributed by atoms with van der Waals surface area (Å²) in [7, 11) is 0. The first-order valence-corrected chi connectivity index (χ1v) is 4.99. The molecule has 2 N–H and O–H groups in total. The van der Waals surface area contributed by atoms with Gasteiger partial charge in [-0.25, -0.2) is 9.07 Å². The predicted molar refractivity (Wildman–Crippen MR) is 58.1 cm³/mol. The van der Waals surface area contributed by atoms with E-state index < -0.39 is 5.82 Å². The van der Waals surface area contributed by atoms with Crippen LogP contribution in [0.1, 0.15) is 5.56 Å². The average molecular weight is 282 g/mol. The number of anilines is 1. The van der Waals surface area contributed by atoms with Gasteiger partial charge < -0.3 is 5.73 Å². The van der Waals surface area contributed by atoms with E-state index in [2.05, 4.69) is 26.0 Å². The minimum atomic E-state index is -0.482. The van der Waals surface area contributed by atoms with E-state index in [4.69, 9.17) is 11.0 Å². The molecule has 0 bridgehead atoms. The molecule has 0 unspecified atom stereocenters. The first-order valence-electron chi connectivity index (χ1n) is 4.20. The summed E-state index contributed by atoms with van der Waals surface area (Å²) in [6.45, 7) is 0. The maximum Gasteiger partial charge on any atom is 0.240 e. The molecule has 0 fully saturated rings. The zero-order valence-electron chi connectivity index (χ0n) is 7.85. The maximum absolute atomic E-state index is 12.9. The lowest BCUT2D eigenvalue weighted by atomic mass is 10.2. The van der Waals surface area contributed by atoms with Gasteiger partial charge in [0.1, 0.15) is 11.9 Å². The summed E-state index contributed by atoms with van der Waals surface area (Å²) in [5.41, 5.74) is 5.98. The molecule has 0 spiro atoms. The molecule has 5 nitrogen and oxygen atoms in total. The fraction of sp³-hybridized carbons (Fsp3) is 0. The summed E-state index contributed by atoms with van der Waals surface area (Å²) >= 11 is 3.14. The van der Waals surface area contributed by atoms with E-state index in [1.165, 1.54) is 16.8 Å². The van der Waals surface area contributed by atoms with Crippen LogP contribution in [0.25, 0.3) is 5.69 Å². The highest BCUT2D eigenvalue weighted by molar-refractivity contribution is 9.10. The van der Waals surface area contributed by atoms with Crippen molar-refractivity contribution in [3.63, 3.8) is 0 Å².